The summed E-state index contributed by atoms with van der Waals surface area (Å²) in [5.41, 5.74) is 3.07. The summed E-state index contributed by atoms with van der Waals surface area (Å²) in [6, 6.07) is 15.3. The zero-order valence-electron chi connectivity index (χ0n) is 17.5. The first-order valence-corrected chi connectivity index (χ1v) is 10.1. The highest BCUT2D eigenvalue weighted by atomic mass is 16.5. The maximum Gasteiger partial charge on any atom is 0.346 e. The second-order valence-corrected chi connectivity index (χ2v) is 7.41. The lowest BCUT2D eigenvalue weighted by Crippen LogP contribution is -2.26. The van der Waals surface area contributed by atoms with E-state index in [0.717, 1.165) is 17.5 Å². The molecule has 2 aromatic carbocycles. The van der Waals surface area contributed by atoms with E-state index < -0.39 is 12.1 Å². The van der Waals surface area contributed by atoms with E-state index in [9.17, 15) is 9.59 Å². The van der Waals surface area contributed by atoms with Gasteiger partial charge in [0.1, 0.15) is 11.6 Å². The van der Waals surface area contributed by atoms with Gasteiger partial charge in [0, 0.05) is 13.0 Å². The summed E-state index contributed by atoms with van der Waals surface area (Å²) in [4.78, 5) is 23.8. The summed E-state index contributed by atoms with van der Waals surface area (Å²) in [6.07, 6.45) is 0.427. The van der Waals surface area contributed by atoms with Crippen molar-refractivity contribution in [2.24, 2.45) is 0 Å². The Morgan fingerprint density at radius 2 is 1.73 bits per heavy atom. The number of aromatic nitrogens is 3. The van der Waals surface area contributed by atoms with Gasteiger partial charge in [-0.25, -0.2) is 14.3 Å². The first-order chi connectivity index (χ1) is 14.4. The van der Waals surface area contributed by atoms with Crippen LogP contribution in [-0.2, 0) is 24.3 Å². The van der Waals surface area contributed by atoms with Gasteiger partial charge in [-0.3, -0.25) is 4.57 Å². The fraction of sp³-hybridized carbons (Fsp3) is 0.348. The molecule has 1 N–H and O–H groups in total. The molecule has 1 unspecified atom stereocenters. The van der Waals surface area contributed by atoms with E-state index in [4.69, 9.17) is 9.84 Å². The number of rotatable bonds is 9. The standard InChI is InChI=1S/C23H27N3O4/c1-4-13-25-21(14-18-9-11-20(12-10-18)30-17(3)22(27)28)24-26(23(25)29)15-19-7-5-16(2)6-8-19/h5-12,17H,4,13-15H2,1-3H3,(H,27,28). The van der Waals surface area contributed by atoms with Crippen LogP contribution < -0.4 is 10.4 Å². The number of nitrogens with zero attached hydrogens (tertiary/aromatic N) is 3. The van der Waals surface area contributed by atoms with Crippen LogP contribution in [0, 0.1) is 6.92 Å². The molecular formula is C23H27N3O4. The number of aryl methyl sites for hydroxylation is 1. The van der Waals surface area contributed by atoms with Crippen molar-refractivity contribution in [3.8, 4) is 5.75 Å². The number of hydrogen-bond donors (Lipinski definition) is 1. The van der Waals surface area contributed by atoms with Crippen LogP contribution in [0.15, 0.2) is 53.3 Å². The summed E-state index contributed by atoms with van der Waals surface area (Å²) in [7, 11) is 0. The van der Waals surface area contributed by atoms with Gasteiger partial charge in [-0.15, -0.1) is 0 Å². The fourth-order valence-electron chi connectivity index (χ4n) is 3.16. The minimum atomic E-state index is -1.01. The Kier molecular flexibility index (Phi) is 6.72. The van der Waals surface area contributed by atoms with E-state index in [1.54, 1.807) is 16.7 Å². The Labute approximate surface area is 175 Å². The van der Waals surface area contributed by atoms with Gasteiger partial charge >= 0.3 is 11.7 Å². The number of carboxylic acids is 1. The number of benzene rings is 2. The minimum absolute atomic E-state index is 0.109. The second-order valence-electron chi connectivity index (χ2n) is 7.41. The molecule has 0 spiro atoms. The van der Waals surface area contributed by atoms with Crippen LogP contribution >= 0.6 is 0 Å². The predicted octanol–water partition coefficient (Wildman–Crippen LogP) is 3.25. The van der Waals surface area contributed by atoms with E-state index in [-0.39, 0.29) is 5.69 Å². The van der Waals surface area contributed by atoms with Crippen molar-refractivity contribution in [2.45, 2.75) is 52.8 Å². The number of carboxylic acid groups (broad SMARTS) is 1. The highest BCUT2D eigenvalue weighted by molar-refractivity contribution is 5.72. The molecule has 0 aliphatic rings. The average molecular weight is 409 g/mol. The monoisotopic (exact) mass is 409 g/mol. The van der Waals surface area contributed by atoms with E-state index in [2.05, 4.69) is 5.10 Å². The summed E-state index contributed by atoms with van der Waals surface area (Å²) in [5, 5.41) is 13.5. The zero-order chi connectivity index (χ0) is 21.7. The third kappa shape index (κ3) is 5.17. The molecular weight excluding hydrogens is 382 g/mol. The Morgan fingerprint density at radius 3 is 2.33 bits per heavy atom. The molecule has 0 aliphatic heterocycles. The molecule has 7 heteroatoms. The second kappa shape index (κ2) is 9.43. The Bertz CT molecular complexity index is 1050. The molecule has 1 aromatic heterocycles. The lowest BCUT2D eigenvalue weighted by Gasteiger charge is -2.10. The summed E-state index contributed by atoms with van der Waals surface area (Å²) >= 11 is 0. The molecule has 30 heavy (non-hydrogen) atoms. The minimum Gasteiger partial charge on any atom is -0.479 e. The van der Waals surface area contributed by atoms with Crippen molar-refractivity contribution in [1.82, 2.24) is 14.3 Å². The predicted molar refractivity (Wildman–Crippen MR) is 114 cm³/mol. The van der Waals surface area contributed by atoms with Gasteiger partial charge in [-0.1, -0.05) is 48.9 Å². The van der Waals surface area contributed by atoms with Gasteiger partial charge in [0.15, 0.2) is 6.10 Å². The highest BCUT2D eigenvalue weighted by Gasteiger charge is 2.15. The van der Waals surface area contributed by atoms with Crippen LogP contribution in [0.2, 0.25) is 0 Å². The van der Waals surface area contributed by atoms with Gasteiger partial charge in [0.05, 0.1) is 6.54 Å². The van der Waals surface area contributed by atoms with E-state index >= 15 is 0 Å². The molecule has 1 heterocycles. The summed E-state index contributed by atoms with van der Waals surface area (Å²) in [6.45, 7) is 6.59. The largest absolute Gasteiger partial charge is 0.479 e. The molecule has 0 saturated heterocycles. The van der Waals surface area contributed by atoms with Crippen molar-refractivity contribution < 1.29 is 14.6 Å². The Balaban J connectivity index is 1.80. The molecule has 0 amide bonds. The fourth-order valence-corrected chi connectivity index (χ4v) is 3.16. The van der Waals surface area contributed by atoms with Crippen molar-refractivity contribution in [1.29, 1.82) is 0 Å². The Hall–Kier alpha value is -3.35. The molecule has 3 rings (SSSR count). The van der Waals surface area contributed by atoms with Gasteiger partial charge in [-0.2, -0.15) is 5.10 Å². The van der Waals surface area contributed by atoms with Crippen LogP contribution in [0.3, 0.4) is 0 Å². The first kappa shape index (κ1) is 21.4. The van der Waals surface area contributed by atoms with E-state index in [0.29, 0.717) is 31.1 Å². The van der Waals surface area contributed by atoms with Gasteiger partial charge < -0.3 is 9.84 Å². The van der Waals surface area contributed by atoms with Gasteiger partial charge in [0.2, 0.25) is 0 Å². The first-order valence-electron chi connectivity index (χ1n) is 10.1. The molecule has 0 aliphatic carbocycles. The molecule has 0 bridgehead atoms. The van der Waals surface area contributed by atoms with Crippen LogP contribution in [0.4, 0.5) is 0 Å². The smallest absolute Gasteiger partial charge is 0.346 e. The highest BCUT2D eigenvalue weighted by Crippen LogP contribution is 2.16. The van der Waals surface area contributed by atoms with Crippen molar-refractivity contribution >= 4 is 5.97 Å². The van der Waals surface area contributed by atoms with Crippen LogP contribution in [0.1, 0.15) is 42.8 Å². The lowest BCUT2D eigenvalue weighted by molar-refractivity contribution is -0.144. The number of hydrogen-bond acceptors (Lipinski definition) is 4. The van der Waals surface area contributed by atoms with Gasteiger partial charge in [-0.05, 0) is 43.5 Å². The van der Waals surface area contributed by atoms with Gasteiger partial charge in [0.25, 0.3) is 0 Å². The number of carbonyl (C=O) groups is 1. The molecule has 0 saturated carbocycles. The molecule has 0 radical (unpaired) electrons. The normalized spacial score (nSPS) is 12.0. The van der Waals surface area contributed by atoms with Crippen molar-refractivity contribution in [3.63, 3.8) is 0 Å². The average Bonchev–Trinajstić information content (AvgIpc) is 3.00. The van der Waals surface area contributed by atoms with Crippen LogP contribution in [-0.4, -0.2) is 31.5 Å². The summed E-state index contributed by atoms with van der Waals surface area (Å²) in [5.74, 6) is 0.188. The Morgan fingerprint density at radius 1 is 1.10 bits per heavy atom. The third-order valence-electron chi connectivity index (χ3n) is 4.85. The quantitative estimate of drug-likeness (QED) is 0.586. The number of ether oxygens (including phenoxy) is 1. The third-order valence-corrected chi connectivity index (χ3v) is 4.85. The molecule has 3 aromatic rings. The van der Waals surface area contributed by atoms with Crippen molar-refractivity contribution in [2.75, 3.05) is 0 Å². The number of aliphatic carboxylic acids is 1. The van der Waals surface area contributed by atoms with E-state index in [1.165, 1.54) is 17.2 Å². The summed E-state index contributed by atoms with van der Waals surface area (Å²) < 4.78 is 8.61. The maximum atomic E-state index is 12.9. The van der Waals surface area contributed by atoms with E-state index in [1.807, 2.05) is 50.2 Å². The molecule has 0 fully saturated rings. The molecule has 7 nitrogen and oxygen atoms in total. The van der Waals surface area contributed by atoms with Crippen LogP contribution in [0.5, 0.6) is 5.75 Å². The van der Waals surface area contributed by atoms with Crippen molar-refractivity contribution in [3.05, 3.63) is 81.5 Å². The maximum absolute atomic E-state index is 12.9. The zero-order valence-corrected chi connectivity index (χ0v) is 17.5. The molecule has 1 atom stereocenters. The topological polar surface area (TPSA) is 86.3 Å². The lowest BCUT2D eigenvalue weighted by atomic mass is 10.1. The SMILES string of the molecule is CCCn1c(Cc2ccc(OC(C)C(=O)O)cc2)nn(Cc2ccc(C)cc2)c1=O. The van der Waals surface area contributed by atoms with Crippen LogP contribution in [0.25, 0.3) is 0 Å². The molecule has 158 valence electrons.